The Morgan fingerprint density at radius 1 is 0.650 bits per heavy atom. The van der Waals surface area contributed by atoms with Crippen molar-refractivity contribution in [1.29, 1.82) is 0 Å². The standard InChI is InChI=1S/C16H19PSe2.Cs/c18-17(19,13-11-15-7-3-1-4-8-15)14-12-16-9-5-2-6-10-16;/h1-10H,11-14H2,(H,18,19);/q;+1/p-1. The van der Waals surface area contributed by atoms with Gasteiger partial charge in [0, 0.05) is 0 Å². The van der Waals surface area contributed by atoms with E-state index >= 15 is 0 Å². The molecule has 100 valence electrons. The molecule has 0 radical (unpaired) electrons. The molecule has 0 aliphatic rings. The van der Waals surface area contributed by atoms with Crippen LogP contribution < -0.4 is 68.9 Å². The van der Waals surface area contributed by atoms with Crippen LogP contribution in [-0.2, 0) is 12.8 Å². The second kappa shape index (κ2) is 10.7. The first kappa shape index (κ1) is 20.0. The van der Waals surface area contributed by atoms with Crippen molar-refractivity contribution in [2.24, 2.45) is 0 Å². The fourth-order valence-electron chi connectivity index (χ4n) is 2.00. The third kappa shape index (κ3) is 7.99. The van der Waals surface area contributed by atoms with Crippen molar-refractivity contribution in [3.8, 4) is 0 Å². The summed E-state index contributed by atoms with van der Waals surface area (Å²) in [5, 5.41) is 0. The molecule has 2 aromatic rings. The van der Waals surface area contributed by atoms with Gasteiger partial charge in [0.05, 0.1) is 0 Å². The van der Waals surface area contributed by atoms with Gasteiger partial charge < -0.3 is 0 Å². The normalized spacial score (nSPS) is 10.9. The van der Waals surface area contributed by atoms with Gasteiger partial charge in [-0.15, -0.1) is 0 Å². The molecule has 2 rings (SSSR count). The zero-order valence-corrected chi connectivity index (χ0v) is 22.5. The fourth-order valence-corrected chi connectivity index (χ4v) is 5.72. The van der Waals surface area contributed by atoms with Gasteiger partial charge in [0.2, 0.25) is 0 Å². The molecule has 0 amide bonds. The average molecular weight is 532 g/mol. The molecule has 0 saturated heterocycles. The van der Waals surface area contributed by atoms with Gasteiger partial charge in [-0.05, 0) is 0 Å². The number of benzene rings is 2. The van der Waals surface area contributed by atoms with E-state index in [0.29, 0.717) is 0 Å². The molecule has 0 heterocycles. The van der Waals surface area contributed by atoms with Crippen molar-refractivity contribution in [2.45, 2.75) is 12.8 Å². The Morgan fingerprint density at radius 2 is 1.00 bits per heavy atom. The second-order valence-electron chi connectivity index (χ2n) is 4.73. The van der Waals surface area contributed by atoms with Gasteiger partial charge >= 0.3 is 202 Å². The van der Waals surface area contributed by atoms with Crippen LogP contribution in [0.1, 0.15) is 11.1 Å². The van der Waals surface area contributed by atoms with Crippen molar-refractivity contribution in [2.75, 3.05) is 12.3 Å². The Labute approximate surface area is 197 Å². The predicted molar refractivity (Wildman–Crippen MR) is 88.5 cm³/mol. The third-order valence-electron chi connectivity index (χ3n) is 3.17. The van der Waals surface area contributed by atoms with Gasteiger partial charge in [0.1, 0.15) is 0 Å². The predicted octanol–water partition coefficient (Wildman–Crippen LogP) is 0.660. The molecule has 0 bridgehead atoms. The van der Waals surface area contributed by atoms with Gasteiger partial charge in [-0.25, -0.2) is 0 Å². The van der Waals surface area contributed by atoms with Gasteiger partial charge in [-0.1, -0.05) is 0 Å². The Hall–Kier alpha value is 1.96. The summed E-state index contributed by atoms with van der Waals surface area (Å²) in [7, 11) is 0. The van der Waals surface area contributed by atoms with Crippen LogP contribution in [0.5, 0.6) is 0 Å². The molecule has 0 saturated carbocycles. The van der Waals surface area contributed by atoms with Crippen LogP contribution in [0.3, 0.4) is 0 Å². The van der Waals surface area contributed by atoms with Gasteiger partial charge in [-0.2, -0.15) is 0 Å². The summed E-state index contributed by atoms with van der Waals surface area (Å²) in [6, 6.07) is 21.5. The van der Waals surface area contributed by atoms with Gasteiger partial charge in [0.25, 0.3) is 0 Å². The van der Waals surface area contributed by atoms with E-state index in [4.69, 9.17) is 0 Å². The molecular formula is C16H18CsPSe2. The van der Waals surface area contributed by atoms with E-state index in [1.807, 2.05) is 0 Å². The van der Waals surface area contributed by atoms with Crippen molar-refractivity contribution >= 4 is 35.8 Å². The molecule has 0 aliphatic heterocycles. The first-order valence-electron chi connectivity index (χ1n) is 6.53. The van der Waals surface area contributed by atoms with Crippen LogP contribution in [0.2, 0.25) is 0 Å². The molecule has 0 unspecified atom stereocenters. The third-order valence-corrected chi connectivity index (χ3v) is 9.57. The first-order chi connectivity index (χ1) is 9.16. The van der Waals surface area contributed by atoms with E-state index < -0.39 is 4.64 Å². The molecule has 0 fully saturated rings. The summed E-state index contributed by atoms with van der Waals surface area (Å²) in [6.07, 6.45) is 4.85. The van der Waals surface area contributed by atoms with Crippen molar-refractivity contribution in [3.05, 3.63) is 71.8 Å². The number of hydrogen-bond donors (Lipinski definition) is 0. The molecule has 2 aromatic carbocycles. The summed E-state index contributed by atoms with van der Waals surface area (Å²) in [4.78, 5) is 0. The van der Waals surface area contributed by atoms with Gasteiger partial charge in [0.15, 0.2) is 0 Å². The maximum atomic E-state index is 3.45. The molecule has 0 N–H and O–H groups in total. The van der Waals surface area contributed by atoms with Crippen molar-refractivity contribution in [3.63, 3.8) is 0 Å². The second-order valence-corrected chi connectivity index (χ2v) is 19.6. The molecule has 0 nitrogen and oxygen atoms in total. The van der Waals surface area contributed by atoms with E-state index in [1.54, 1.807) is 0 Å². The van der Waals surface area contributed by atoms with E-state index in [-0.39, 0.29) is 68.9 Å². The van der Waals surface area contributed by atoms with E-state index in [9.17, 15) is 0 Å². The minimum absolute atomic E-state index is 0. The minimum atomic E-state index is -1.02. The molecule has 0 atom stereocenters. The monoisotopic (exact) mass is 534 g/mol. The van der Waals surface area contributed by atoms with Crippen molar-refractivity contribution < 1.29 is 68.9 Å². The fraction of sp³-hybridized carbons (Fsp3) is 0.250. The first-order valence-corrected chi connectivity index (χ1v) is 13.1. The summed E-state index contributed by atoms with van der Waals surface area (Å²) in [5.41, 5.74) is 2.88. The maximum absolute atomic E-state index is 3.45. The van der Waals surface area contributed by atoms with E-state index in [1.165, 1.54) is 36.3 Å². The summed E-state index contributed by atoms with van der Waals surface area (Å²) in [6.45, 7) is 0. The summed E-state index contributed by atoms with van der Waals surface area (Å²) < 4.78 is -1.02. The number of rotatable bonds is 6. The molecule has 0 aliphatic carbocycles. The average Bonchev–Trinajstić information content (AvgIpc) is 2.46. The molecular weight excluding hydrogens is 514 g/mol. The Kier molecular flexibility index (Phi) is 10.7. The number of aryl methyl sites for hydroxylation is 2. The molecule has 4 heteroatoms. The summed E-state index contributed by atoms with van der Waals surface area (Å²) in [5.74, 6) is 0. The summed E-state index contributed by atoms with van der Waals surface area (Å²) >= 11 is 6.90. The van der Waals surface area contributed by atoms with Crippen LogP contribution >= 0.6 is 4.64 Å². The molecule has 20 heavy (non-hydrogen) atoms. The molecule has 0 spiro atoms. The van der Waals surface area contributed by atoms with Crippen molar-refractivity contribution in [1.82, 2.24) is 0 Å². The zero-order valence-electron chi connectivity index (χ0n) is 11.9. The van der Waals surface area contributed by atoms with Crippen LogP contribution in [0, 0.1) is 0 Å². The topological polar surface area (TPSA) is 0 Å². The van der Waals surface area contributed by atoms with E-state index in [2.05, 4.69) is 91.8 Å². The van der Waals surface area contributed by atoms with Crippen LogP contribution in [0.15, 0.2) is 60.7 Å². The van der Waals surface area contributed by atoms with Crippen LogP contribution in [0.25, 0.3) is 0 Å². The van der Waals surface area contributed by atoms with Gasteiger partial charge in [-0.3, -0.25) is 0 Å². The Bertz CT molecular complexity index is 443. The molecule has 0 aromatic heterocycles. The quantitative estimate of drug-likeness (QED) is 0.380. The zero-order chi connectivity index (χ0) is 13.6. The van der Waals surface area contributed by atoms with Crippen LogP contribution in [-0.4, -0.2) is 43.5 Å². The Balaban J connectivity index is 0.00000200. The van der Waals surface area contributed by atoms with E-state index in [0.717, 1.165) is 0 Å². The van der Waals surface area contributed by atoms with Crippen LogP contribution in [0.4, 0.5) is 0 Å². The SMILES string of the molecule is [Cs+].[Se-][P+]([Se-])(CCc1ccccc1)CCc1ccccc1. The Morgan fingerprint density at radius 3 is 1.35 bits per heavy atom. The number of hydrogen-bond acceptors (Lipinski definition) is 0.